The summed E-state index contributed by atoms with van der Waals surface area (Å²) in [7, 11) is 0. The predicted octanol–water partition coefficient (Wildman–Crippen LogP) is 6.78. The van der Waals surface area contributed by atoms with Crippen molar-refractivity contribution < 1.29 is 0 Å². The molecule has 1 aliphatic rings. The standard InChI is InChI=1S/C27H34N6S/c1-18(2)33-17-29-24-25(31-27(32-26(24)33)30-23-10-4-19(3)5-11-23)28-14-12-20-6-8-21(9-7-20)22-13-15-34-16-22/h6-9,13,15-19,23H,4-5,10-12,14H2,1-3H3,(H2,28,30,31,32). The Labute approximate surface area is 205 Å². The zero-order chi connectivity index (χ0) is 23.5. The van der Waals surface area contributed by atoms with Crippen LogP contribution in [0.25, 0.3) is 22.3 Å². The second-order valence-electron chi connectivity index (χ2n) is 9.80. The van der Waals surface area contributed by atoms with Crippen molar-refractivity contribution in [2.45, 2.75) is 65.0 Å². The fourth-order valence-electron chi connectivity index (χ4n) is 4.69. The van der Waals surface area contributed by atoms with Gasteiger partial charge in [-0.25, -0.2) is 4.98 Å². The van der Waals surface area contributed by atoms with Crippen molar-refractivity contribution in [2.75, 3.05) is 17.2 Å². The van der Waals surface area contributed by atoms with E-state index in [4.69, 9.17) is 9.97 Å². The van der Waals surface area contributed by atoms with E-state index in [1.165, 1.54) is 42.4 Å². The van der Waals surface area contributed by atoms with Crippen LogP contribution in [0.2, 0.25) is 0 Å². The van der Waals surface area contributed by atoms with Crippen molar-refractivity contribution in [3.05, 3.63) is 53.0 Å². The molecule has 0 bridgehead atoms. The number of nitrogens with zero attached hydrogens (tertiary/aromatic N) is 4. The van der Waals surface area contributed by atoms with E-state index in [0.29, 0.717) is 12.0 Å². The number of nitrogens with one attached hydrogen (secondary N) is 2. The largest absolute Gasteiger partial charge is 0.368 e. The predicted molar refractivity (Wildman–Crippen MR) is 143 cm³/mol. The average molecular weight is 475 g/mol. The second-order valence-corrected chi connectivity index (χ2v) is 10.6. The molecule has 3 heterocycles. The van der Waals surface area contributed by atoms with Gasteiger partial charge in [-0.1, -0.05) is 31.2 Å². The maximum absolute atomic E-state index is 4.87. The number of thiophene rings is 1. The molecule has 0 radical (unpaired) electrons. The molecule has 0 amide bonds. The number of fused-ring (bicyclic) bond motifs is 1. The summed E-state index contributed by atoms with van der Waals surface area (Å²) in [6, 6.07) is 11.7. The smallest absolute Gasteiger partial charge is 0.227 e. The summed E-state index contributed by atoms with van der Waals surface area (Å²) >= 11 is 1.73. The van der Waals surface area contributed by atoms with E-state index in [0.717, 1.165) is 35.9 Å². The molecule has 1 fully saturated rings. The Kier molecular flexibility index (Phi) is 6.81. The molecule has 1 aliphatic carbocycles. The molecule has 2 N–H and O–H groups in total. The Bertz CT molecular complexity index is 1200. The molecule has 6 nitrogen and oxygen atoms in total. The van der Waals surface area contributed by atoms with E-state index < -0.39 is 0 Å². The number of rotatable bonds is 8. The highest BCUT2D eigenvalue weighted by molar-refractivity contribution is 7.08. The molecule has 34 heavy (non-hydrogen) atoms. The molecule has 0 spiro atoms. The third-order valence-corrected chi connectivity index (χ3v) is 7.52. The average Bonchev–Trinajstić information content (AvgIpc) is 3.52. The first-order chi connectivity index (χ1) is 16.6. The van der Waals surface area contributed by atoms with Crippen LogP contribution in [-0.2, 0) is 6.42 Å². The summed E-state index contributed by atoms with van der Waals surface area (Å²) in [6.45, 7) is 7.45. The maximum Gasteiger partial charge on any atom is 0.227 e. The summed E-state index contributed by atoms with van der Waals surface area (Å²) in [5.41, 5.74) is 5.58. The van der Waals surface area contributed by atoms with Crippen molar-refractivity contribution in [3.63, 3.8) is 0 Å². The van der Waals surface area contributed by atoms with E-state index in [1.807, 2.05) is 6.33 Å². The first-order valence-electron chi connectivity index (χ1n) is 12.4. The zero-order valence-electron chi connectivity index (χ0n) is 20.3. The lowest BCUT2D eigenvalue weighted by molar-refractivity contribution is 0.360. The van der Waals surface area contributed by atoms with Gasteiger partial charge in [0, 0.05) is 18.6 Å². The zero-order valence-corrected chi connectivity index (χ0v) is 21.1. The van der Waals surface area contributed by atoms with Gasteiger partial charge in [0.25, 0.3) is 0 Å². The Hall–Kier alpha value is -2.93. The van der Waals surface area contributed by atoms with Crippen molar-refractivity contribution in [3.8, 4) is 11.1 Å². The Morgan fingerprint density at radius 1 is 1.03 bits per heavy atom. The van der Waals surface area contributed by atoms with Gasteiger partial charge in [-0.15, -0.1) is 0 Å². The van der Waals surface area contributed by atoms with Gasteiger partial charge in [0.05, 0.1) is 6.33 Å². The fraction of sp³-hybridized carbons (Fsp3) is 0.444. The molecule has 1 saturated carbocycles. The fourth-order valence-corrected chi connectivity index (χ4v) is 5.35. The Morgan fingerprint density at radius 2 is 1.82 bits per heavy atom. The first kappa shape index (κ1) is 22.8. The molecule has 4 aromatic rings. The first-order valence-corrected chi connectivity index (χ1v) is 13.4. The van der Waals surface area contributed by atoms with Crippen LogP contribution in [0.15, 0.2) is 47.4 Å². The van der Waals surface area contributed by atoms with E-state index in [2.05, 4.69) is 82.0 Å². The van der Waals surface area contributed by atoms with Gasteiger partial charge in [0.2, 0.25) is 5.95 Å². The van der Waals surface area contributed by atoms with Crippen molar-refractivity contribution >= 4 is 34.3 Å². The molecule has 3 aromatic heterocycles. The van der Waals surface area contributed by atoms with Crippen LogP contribution in [0.3, 0.4) is 0 Å². The van der Waals surface area contributed by atoms with Crippen LogP contribution >= 0.6 is 11.3 Å². The minimum absolute atomic E-state index is 0.290. The second kappa shape index (κ2) is 10.1. The van der Waals surface area contributed by atoms with E-state index in [-0.39, 0.29) is 6.04 Å². The van der Waals surface area contributed by atoms with Crippen LogP contribution < -0.4 is 10.6 Å². The Morgan fingerprint density at radius 3 is 2.53 bits per heavy atom. The highest BCUT2D eigenvalue weighted by Gasteiger charge is 2.21. The molecule has 0 aliphatic heterocycles. The molecule has 1 aromatic carbocycles. The van der Waals surface area contributed by atoms with E-state index in [1.54, 1.807) is 11.3 Å². The van der Waals surface area contributed by atoms with E-state index >= 15 is 0 Å². The number of hydrogen-bond donors (Lipinski definition) is 2. The van der Waals surface area contributed by atoms with Crippen LogP contribution in [0.4, 0.5) is 11.8 Å². The number of anilines is 2. The van der Waals surface area contributed by atoms with Crippen LogP contribution in [0.5, 0.6) is 0 Å². The van der Waals surface area contributed by atoms with Gasteiger partial charge in [0.1, 0.15) is 0 Å². The summed E-state index contributed by atoms with van der Waals surface area (Å²) in [5, 5.41) is 11.5. The third-order valence-electron chi connectivity index (χ3n) is 6.84. The van der Waals surface area contributed by atoms with Gasteiger partial charge in [-0.2, -0.15) is 21.3 Å². The number of imidazole rings is 1. The van der Waals surface area contributed by atoms with Gasteiger partial charge in [0.15, 0.2) is 17.0 Å². The molecular formula is C27H34N6S. The molecule has 178 valence electrons. The SMILES string of the molecule is CC1CCC(Nc2nc(NCCc3ccc(-c4ccsc4)cc3)c3ncn(C(C)C)c3n2)CC1. The van der Waals surface area contributed by atoms with E-state index in [9.17, 15) is 0 Å². The summed E-state index contributed by atoms with van der Waals surface area (Å²) in [4.78, 5) is 14.4. The van der Waals surface area contributed by atoms with Gasteiger partial charge < -0.3 is 15.2 Å². The van der Waals surface area contributed by atoms with Gasteiger partial charge in [-0.3, -0.25) is 0 Å². The molecule has 7 heteroatoms. The molecule has 0 unspecified atom stereocenters. The minimum Gasteiger partial charge on any atom is -0.368 e. The Balaban J connectivity index is 1.31. The van der Waals surface area contributed by atoms with Crippen molar-refractivity contribution in [1.29, 1.82) is 0 Å². The number of benzene rings is 1. The summed E-state index contributed by atoms with van der Waals surface area (Å²) in [5.74, 6) is 2.34. The highest BCUT2D eigenvalue weighted by Crippen LogP contribution is 2.28. The van der Waals surface area contributed by atoms with Crippen LogP contribution in [-0.4, -0.2) is 32.1 Å². The lowest BCUT2D eigenvalue weighted by Gasteiger charge is -2.27. The van der Waals surface area contributed by atoms with Crippen molar-refractivity contribution in [2.24, 2.45) is 5.92 Å². The molecule has 0 atom stereocenters. The number of hydrogen-bond acceptors (Lipinski definition) is 6. The van der Waals surface area contributed by atoms with Crippen LogP contribution in [0.1, 0.15) is 58.1 Å². The molecule has 5 rings (SSSR count). The summed E-state index contributed by atoms with van der Waals surface area (Å²) in [6.07, 6.45) is 7.68. The lowest BCUT2D eigenvalue weighted by Crippen LogP contribution is -2.26. The van der Waals surface area contributed by atoms with Crippen molar-refractivity contribution in [1.82, 2.24) is 19.5 Å². The highest BCUT2D eigenvalue weighted by atomic mass is 32.1. The maximum atomic E-state index is 4.87. The minimum atomic E-state index is 0.290. The van der Waals surface area contributed by atoms with Gasteiger partial charge in [-0.05, 0) is 85.4 Å². The quantitative estimate of drug-likeness (QED) is 0.295. The third kappa shape index (κ3) is 5.09. The number of aromatic nitrogens is 4. The normalized spacial score (nSPS) is 18.5. The molecule has 0 saturated heterocycles. The van der Waals surface area contributed by atoms with Crippen LogP contribution in [0, 0.1) is 5.92 Å². The summed E-state index contributed by atoms with van der Waals surface area (Å²) < 4.78 is 2.12. The van der Waals surface area contributed by atoms with Gasteiger partial charge >= 0.3 is 0 Å². The topological polar surface area (TPSA) is 67.7 Å². The molecular weight excluding hydrogens is 440 g/mol. The monoisotopic (exact) mass is 474 g/mol. The lowest BCUT2D eigenvalue weighted by atomic mass is 9.87.